The van der Waals surface area contributed by atoms with E-state index < -0.39 is 0 Å². The highest BCUT2D eigenvalue weighted by Crippen LogP contribution is 2.49. The van der Waals surface area contributed by atoms with Gasteiger partial charge in [0.25, 0.3) is 0 Å². The first-order valence-electron chi connectivity index (χ1n) is 4.89. The average Bonchev–Trinajstić information content (AvgIpc) is 2.50. The number of rotatable bonds is 3. The van der Waals surface area contributed by atoms with Crippen molar-refractivity contribution >= 4 is 22.9 Å². The minimum absolute atomic E-state index is 0.0683. The predicted octanol–water partition coefficient (Wildman–Crippen LogP) is 2.53. The molecule has 1 saturated carbocycles. The summed E-state index contributed by atoms with van der Waals surface area (Å²) >= 11 is 7.46. The van der Waals surface area contributed by atoms with E-state index in [1.807, 2.05) is 12.1 Å². The Hall–Kier alpha value is -0.0900. The minimum Gasteiger partial charge on any atom is -0.330 e. The number of hydrogen-bond acceptors (Lipinski definition) is 3. The second kappa shape index (κ2) is 3.81. The monoisotopic (exact) mass is 230 g/mol. The van der Waals surface area contributed by atoms with Gasteiger partial charge in [0.05, 0.1) is 4.34 Å². The van der Waals surface area contributed by atoms with Crippen molar-refractivity contribution in [3.8, 4) is 0 Å². The molecule has 0 spiro atoms. The number of halogens is 1. The highest BCUT2D eigenvalue weighted by molar-refractivity contribution is 7.16. The topological polar surface area (TPSA) is 52.0 Å². The van der Waals surface area contributed by atoms with Gasteiger partial charge >= 0.3 is 0 Å². The Morgan fingerprint density at radius 3 is 2.57 bits per heavy atom. The zero-order chi connectivity index (χ0) is 10.2. The van der Waals surface area contributed by atoms with Gasteiger partial charge in [0.15, 0.2) is 0 Å². The summed E-state index contributed by atoms with van der Waals surface area (Å²) in [6.07, 6.45) is 3.56. The maximum Gasteiger partial charge on any atom is 0.0931 e. The number of hydrogen-bond donors (Lipinski definition) is 2. The molecule has 0 amide bonds. The molecule has 4 N–H and O–H groups in total. The Labute approximate surface area is 93.2 Å². The lowest BCUT2D eigenvalue weighted by Gasteiger charge is -2.45. The predicted molar refractivity (Wildman–Crippen MR) is 61.6 cm³/mol. The summed E-state index contributed by atoms with van der Waals surface area (Å²) in [5.74, 6) is 0. The minimum atomic E-state index is 0.0683. The Bertz CT molecular complexity index is 314. The number of thiophene rings is 1. The van der Waals surface area contributed by atoms with Crippen LogP contribution >= 0.6 is 22.9 Å². The molecule has 0 saturated heterocycles. The van der Waals surface area contributed by atoms with Gasteiger partial charge in [-0.05, 0) is 31.5 Å². The molecule has 0 aromatic carbocycles. The smallest absolute Gasteiger partial charge is 0.0931 e. The fourth-order valence-corrected chi connectivity index (χ4v) is 3.27. The van der Waals surface area contributed by atoms with Gasteiger partial charge in [0.2, 0.25) is 0 Å². The molecule has 78 valence electrons. The molecule has 1 aliphatic rings. The number of nitrogens with two attached hydrogens (primary N) is 2. The van der Waals surface area contributed by atoms with Crippen molar-refractivity contribution in [1.29, 1.82) is 0 Å². The summed E-state index contributed by atoms with van der Waals surface area (Å²) in [5.41, 5.74) is 12.2. The van der Waals surface area contributed by atoms with Gasteiger partial charge < -0.3 is 11.5 Å². The van der Waals surface area contributed by atoms with Crippen LogP contribution in [0.5, 0.6) is 0 Å². The largest absolute Gasteiger partial charge is 0.330 e. The molecule has 0 aliphatic heterocycles. The lowest BCUT2D eigenvalue weighted by molar-refractivity contribution is 0.106. The first-order chi connectivity index (χ1) is 6.68. The van der Waals surface area contributed by atoms with Crippen LogP contribution in [0.3, 0.4) is 0 Å². The van der Waals surface area contributed by atoms with Gasteiger partial charge in [-0.25, -0.2) is 0 Å². The van der Waals surface area contributed by atoms with Crippen molar-refractivity contribution in [3.05, 3.63) is 21.3 Å². The zero-order valence-corrected chi connectivity index (χ0v) is 9.57. The molecule has 1 aliphatic carbocycles. The van der Waals surface area contributed by atoms with Crippen LogP contribution in [0, 0.1) is 5.41 Å². The van der Waals surface area contributed by atoms with Crippen LogP contribution in [-0.2, 0) is 0 Å². The van der Waals surface area contributed by atoms with Crippen molar-refractivity contribution < 1.29 is 0 Å². The second-order valence-corrected chi connectivity index (χ2v) is 5.79. The molecular formula is C10H15ClN2S. The Balaban J connectivity index is 2.18. The van der Waals surface area contributed by atoms with Gasteiger partial charge in [-0.3, -0.25) is 0 Å². The summed E-state index contributed by atoms with van der Waals surface area (Å²) < 4.78 is 0.807. The zero-order valence-electron chi connectivity index (χ0n) is 8.00. The molecular weight excluding hydrogens is 216 g/mol. The van der Waals surface area contributed by atoms with Crippen LogP contribution < -0.4 is 11.5 Å². The molecule has 1 unspecified atom stereocenters. The molecule has 14 heavy (non-hydrogen) atoms. The molecule has 4 heteroatoms. The van der Waals surface area contributed by atoms with E-state index in [0.29, 0.717) is 6.54 Å². The van der Waals surface area contributed by atoms with E-state index in [9.17, 15) is 0 Å². The molecule has 1 aromatic rings. The quantitative estimate of drug-likeness (QED) is 0.839. The first-order valence-corrected chi connectivity index (χ1v) is 6.08. The lowest BCUT2D eigenvalue weighted by Crippen LogP contribution is -2.45. The van der Waals surface area contributed by atoms with Crippen LogP contribution in [-0.4, -0.2) is 6.54 Å². The maximum absolute atomic E-state index is 6.23. The van der Waals surface area contributed by atoms with Crippen LogP contribution in [0.15, 0.2) is 12.1 Å². The lowest BCUT2D eigenvalue weighted by atomic mass is 9.64. The van der Waals surface area contributed by atoms with Crippen molar-refractivity contribution in [2.45, 2.75) is 25.3 Å². The average molecular weight is 231 g/mol. The van der Waals surface area contributed by atoms with Crippen molar-refractivity contribution in [1.82, 2.24) is 0 Å². The third-order valence-electron chi connectivity index (χ3n) is 3.32. The van der Waals surface area contributed by atoms with Gasteiger partial charge in [0.1, 0.15) is 0 Å². The SMILES string of the molecule is NCC1(C(N)c2ccc(Cl)s2)CCC1. The van der Waals surface area contributed by atoms with E-state index in [4.69, 9.17) is 23.1 Å². The van der Waals surface area contributed by atoms with Crippen LogP contribution in [0.1, 0.15) is 30.2 Å². The van der Waals surface area contributed by atoms with Crippen molar-refractivity contribution in [2.75, 3.05) is 6.54 Å². The van der Waals surface area contributed by atoms with E-state index in [1.165, 1.54) is 11.3 Å². The van der Waals surface area contributed by atoms with Gasteiger partial charge in [-0.15, -0.1) is 11.3 Å². The van der Waals surface area contributed by atoms with Gasteiger partial charge in [-0.2, -0.15) is 0 Å². The normalized spacial score (nSPS) is 21.6. The maximum atomic E-state index is 6.23. The van der Waals surface area contributed by atoms with Crippen LogP contribution in [0.2, 0.25) is 4.34 Å². The Morgan fingerprint density at radius 2 is 2.21 bits per heavy atom. The molecule has 1 heterocycles. The third kappa shape index (κ3) is 1.58. The summed E-state index contributed by atoms with van der Waals surface area (Å²) in [6, 6.07) is 4.00. The fraction of sp³-hybridized carbons (Fsp3) is 0.600. The van der Waals surface area contributed by atoms with Gasteiger partial charge in [-0.1, -0.05) is 18.0 Å². The van der Waals surface area contributed by atoms with E-state index in [-0.39, 0.29) is 11.5 Å². The molecule has 2 nitrogen and oxygen atoms in total. The summed E-state index contributed by atoms with van der Waals surface area (Å²) in [7, 11) is 0. The first kappa shape index (κ1) is 10.4. The molecule has 1 fully saturated rings. The van der Waals surface area contributed by atoms with E-state index in [1.54, 1.807) is 11.3 Å². The molecule has 0 bridgehead atoms. The highest BCUT2D eigenvalue weighted by Gasteiger charge is 2.42. The molecule has 1 atom stereocenters. The molecule has 0 radical (unpaired) electrons. The summed E-state index contributed by atoms with van der Waals surface area (Å²) in [4.78, 5) is 1.17. The van der Waals surface area contributed by atoms with Crippen molar-refractivity contribution in [2.24, 2.45) is 16.9 Å². The van der Waals surface area contributed by atoms with Crippen LogP contribution in [0.4, 0.5) is 0 Å². The standard InChI is InChI=1S/C10H15ClN2S/c11-8-3-2-7(14-8)9(13)10(6-12)4-1-5-10/h2-3,9H,1,4-6,12-13H2. The van der Waals surface area contributed by atoms with Crippen LogP contribution in [0.25, 0.3) is 0 Å². The highest BCUT2D eigenvalue weighted by atomic mass is 35.5. The molecule has 2 rings (SSSR count). The van der Waals surface area contributed by atoms with E-state index in [0.717, 1.165) is 17.2 Å². The van der Waals surface area contributed by atoms with E-state index >= 15 is 0 Å². The van der Waals surface area contributed by atoms with Crippen molar-refractivity contribution in [3.63, 3.8) is 0 Å². The van der Waals surface area contributed by atoms with E-state index in [2.05, 4.69) is 0 Å². The molecule has 1 aromatic heterocycles. The second-order valence-electron chi connectivity index (χ2n) is 4.04. The van der Waals surface area contributed by atoms with Gasteiger partial charge in [0, 0.05) is 16.3 Å². The summed E-state index contributed by atoms with van der Waals surface area (Å²) in [5, 5.41) is 0. The fourth-order valence-electron chi connectivity index (χ4n) is 2.07. The third-order valence-corrected chi connectivity index (χ3v) is 4.63. The Kier molecular flexibility index (Phi) is 2.84. The Morgan fingerprint density at radius 1 is 1.50 bits per heavy atom. The summed E-state index contributed by atoms with van der Waals surface area (Å²) in [6.45, 7) is 0.684.